The molecule has 1 nitrogen and oxygen atoms in total. The van der Waals surface area contributed by atoms with E-state index in [9.17, 15) is 0 Å². The fraction of sp³-hybridized carbons (Fsp3) is 0. The Kier molecular flexibility index (Phi) is 1.41. The van der Waals surface area contributed by atoms with Gasteiger partial charge in [-0.05, 0) is 11.6 Å². The summed E-state index contributed by atoms with van der Waals surface area (Å²) in [6, 6.07) is 8.18. The SMILES string of the molecule is IOC1=Cc2ccccc21. The van der Waals surface area contributed by atoms with Crippen molar-refractivity contribution < 1.29 is 3.07 Å². The van der Waals surface area contributed by atoms with Crippen LogP contribution in [0.15, 0.2) is 24.3 Å². The zero-order chi connectivity index (χ0) is 6.97. The Morgan fingerprint density at radius 2 is 2.00 bits per heavy atom. The van der Waals surface area contributed by atoms with Crippen molar-refractivity contribution >= 4 is 34.8 Å². The summed E-state index contributed by atoms with van der Waals surface area (Å²) in [5.74, 6) is 0.983. The van der Waals surface area contributed by atoms with Crippen LogP contribution in [0.4, 0.5) is 0 Å². The van der Waals surface area contributed by atoms with Crippen LogP contribution in [0.2, 0.25) is 0 Å². The van der Waals surface area contributed by atoms with E-state index < -0.39 is 0 Å². The molecule has 0 saturated carbocycles. The highest BCUT2D eigenvalue weighted by atomic mass is 127. The predicted octanol–water partition coefficient (Wildman–Crippen LogP) is 2.86. The molecule has 50 valence electrons. The molecule has 0 fully saturated rings. The second-order valence-electron chi connectivity index (χ2n) is 2.17. The molecular weight excluding hydrogens is 239 g/mol. The van der Waals surface area contributed by atoms with Gasteiger partial charge < -0.3 is 3.07 Å². The van der Waals surface area contributed by atoms with Crippen molar-refractivity contribution in [3.8, 4) is 0 Å². The molecule has 0 radical (unpaired) electrons. The monoisotopic (exact) mass is 244 g/mol. The van der Waals surface area contributed by atoms with Crippen LogP contribution in [-0.4, -0.2) is 0 Å². The normalized spacial score (nSPS) is 13.1. The van der Waals surface area contributed by atoms with Crippen LogP contribution in [0.3, 0.4) is 0 Å². The first-order valence-corrected chi connectivity index (χ1v) is 3.89. The van der Waals surface area contributed by atoms with Crippen molar-refractivity contribution in [2.24, 2.45) is 0 Å². The minimum Gasteiger partial charge on any atom is -0.427 e. The Morgan fingerprint density at radius 3 is 2.70 bits per heavy atom. The van der Waals surface area contributed by atoms with Gasteiger partial charge in [0, 0.05) is 5.56 Å². The molecule has 1 aromatic carbocycles. The van der Waals surface area contributed by atoms with Gasteiger partial charge in [-0.2, -0.15) is 0 Å². The van der Waals surface area contributed by atoms with Gasteiger partial charge in [-0.3, -0.25) is 0 Å². The van der Waals surface area contributed by atoms with E-state index >= 15 is 0 Å². The van der Waals surface area contributed by atoms with E-state index in [1.54, 1.807) is 0 Å². The molecule has 1 aliphatic carbocycles. The minimum atomic E-state index is 0.983. The number of rotatable bonds is 1. The summed E-state index contributed by atoms with van der Waals surface area (Å²) in [5, 5.41) is 0. The van der Waals surface area contributed by atoms with Gasteiger partial charge in [0.15, 0.2) is 23.0 Å². The number of hydrogen-bond donors (Lipinski definition) is 0. The Labute approximate surface area is 73.4 Å². The molecule has 2 heteroatoms. The first-order chi connectivity index (χ1) is 4.92. The Bertz CT molecular complexity index is 291. The summed E-state index contributed by atoms with van der Waals surface area (Å²) in [7, 11) is 0. The highest BCUT2D eigenvalue weighted by Gasteiger charge is 2.15. The average Bonchev–Trinajstić information content (AvgIpc) is 1.92. The van der Waals surface area contributed by atoms with Crippen molar-refractivity contribution in [1.29, 1.82) is 0 Å². The molecule has 2 rings (SSSR count). The summed E-state index contributed by atoms with van der Waals surface area (Å²) in [6.45, 7) is 0. The van der Waals surface area contributed by atoms with Crippen molar-refractivity contribution in [1.82, 2.24) is 0 Å². The van der Waals surface area contributed by atoms with Crippen molar-refractivity contribution in [2.75, 3.05) is 0 Å². The lowest BCUT2D eigenvalue weighted by Gasteiger charge is -2.15. The summed E-state index contributed by atoms with van der Waals surface area (Å²) in [5.41, 5.74) is 2.49. The predicted molar refractivity (Wildman–Crippen MR) is 49.4 cm³/mol. The third-order valence-electron chi connectivity index (χ3n) is 1.60. The van der Waals surface area contributed by atoms with E-state index in [-0.39, 0.29) is 0 Å². The van der Waals surface area contributed by atoms with E-state index in [1.807, 2.05) is 41.2 Å². The molecule has 0 saturated heterocycles. The van der Waals surface area contributed by atoms with E-state index in [2.05, 4.69) is 12.1 Å². The quantitative estimate of drug-likeness (QED) is 0.690. The van der Waals surface area contributed by atoms with E-state index in [1.165, 1.54) is 11.1 Å². The zero-order valence-electron chi connectivity index (χ0n) is 5.17. The first kappa shape index (κ1) is 6.22. The Hall–Kier alpha value is -0.510. The van der Waals surface area contributed by atoms with Crippen LogP contribution in [0.5, 0.6) is 0 Å². The third-order valence-corrected chi connectivity index (χ3v) is 2.07. The van der Waals surface area contributed by atoms with Gasteiger partial charge >= 0.3 is 0 Å². The summed E-state index contributed by atoms with van der Waals surface area (Å²) < 4.78 is 5.04. The van der Waals surface area contributed by atoms with Crippen LogP contribution in [0.25, 0.3) is 11.8 Å². The highest BCUT2D eigenvalue weighted by Crippen LogP contribution is 2.33. The smallest absolute Gasteiger partial charge is 0.192 e. The number of benzene rings is 1. The average molecular weight is 244 g/mol. The van der Waals surface area contributed by atoms with Crippen LogP contribution in [0.1, 0.15) is 11.1 Å². The topological polar surface area (TPSA) is 9.23 Å². The number of fused-ring (bicyclic) bond motifs is 1. The molecular formula is C8H5IO. The minimum absolute atomic E-state index is 0.983. The first-order valence-electron chi connectivity index (χ1n) is 3.01. The largest absolute Gasteiger partial charge is 0.427 e. The van der Waals surface area contributed by atoms with Crippen molar-refractivity contribution in [2.45, 2.75) is 0 Å². The molecule has 1 aliphatic rings. The molecule has 0 aliphatic heterocycles. The Morgan fingerprint density at radius 1 is 1.20 bits per heavy atom. The van der Waals surface area contributed by atoms with Gasteiger partial charge in [0.05, 0.1) is 0 Å². The second-order valence-corrected chi connectivity index (χ2v) is 2.61. The van der Waals surface area contributed by atoms with E-state index in [4.69, 9.17) is 3.07 Å². The number of halogens is 1. The van der Waals surface area contributed by atoms with Crippen molar-refractivity contribution in [3.05, 3.63) is 35.4 Å². The number of hydrogen-bond acceptors (Lipinski definition) is 1. The molecule has 0 spiro atoms. The van der Waals surface area contributed by atoms with Gasteiger partial charge in [0.25, 0.3) is 0 Å². The molecule has 0 atom stereocenters. The molecule has 0 amide bonds. The fourth-order valence-electron chi connectivity index (χ4n) is 1.05. The summed E-state index contributed by atoms with van der Waals surface area (Å²) in [4.78, 5) is 0. The van der Waals surface area contributed by atoms with Crippen LogP contribution in [0, 0.1) is 0 Å². The maximum absolute atomic E-state index is 5.04. The maximum atomic E-state index is 5.04. The molecule has 0 aromatic heterocycles. The fourth-order valence-corrected chi connectivity index (χ4v) is 1.42. The lowest BCUT2D eigenvalue weighted by molar-refractivity contribution is 0.674. The second kappa shape index (κ2) is 2.27. The van der Waals surface area contributed by atoms with Crippen LogP contribution < -0.4 is 0 Å². The third kappa shape index (κ3) is 0.751. The van der Waals surface area contributed by atoms with Gasteiger partial charge in [-0.15, -0.1) is 0 Å². The van der Waals surface area contributed by atoms with Gasteiger partial charge in [-0.25, -0.2) is 0 Å². The summed E-state index contributed by atoms with van der Waals surface area (Å²) >= 11 is 1.89. The standard InChI is InChI=1S/C8H5IO/c9-10-8-5-6-3-1-2-4-7(6)8/h1-5H. The van der Waals surface area contributed by atoms with Crippen molar-refractivity contribution in [3.63, 3.8) is 0 Å². The molecule has 1 aromatic rings. The lowest BCUT2D eigenvalue weighted by Crippen LogP contribution is -1.96. The van der Waals surface area contributed by atoms with Gasteiger partial charge in [-0.1, -0.05) is 24.3 Å². The van der Waals surface area contributed by atoms with E-state index in [0.29, 0.717) is 0 Å². The zero-order valence-corrected chi connectivity index (χ0v) is 7.33. The van der Waals surface area contributed by atoms with Crippen LogP contribution >= 0.6 is 23.0 Å². The lowest BCUT2D eigenvalue weighted by atomic mass is 9.96. The molecule has 0 N–H and O–H groups in total. The molecule has 0 bridgehead atoms. The van der Waals surface area contributed by atoms with Gasteiger partial charge in [0.2, 0.25) is 0 Å². The molecule has 10 heavy (non-hydrogen) atoms. The Balaban J connectivity index is 2.43. The highest BCUT2D eigenvalue weighted by molar-refractivity contribution is 14.1. The maximum Gasteiger partial charge on any atom is 0.192 e. The molecule has 0 heterocycles. The van der Waals surface area contributed by atoms with E-state index in [0.717, 1.165) is 5.76 Å². The van der Waals surface area contributed by atoms with Crippen LogP contribution in [-0.2, 0) is 3.07 Å². The van der Waals surface area contributed by atoms with Gasteiger partial charge in [0.1, 0.15) is 5.76 Å². The molecule has 0 unspecified atom stereocenters. The summed E-state index contributed by atoms with van der Waals surface area (Å²) in [6.07, 6.45) is 2.03.